The first-order valence-corrected chi connectivity index (χ1v) is 6.42. The third-order valence-electron chi connectivity index (χ3n) is 3.61. The Morgan fingerprint density at radius 2 is 2.25 bits per heavy atom. The summed E-state index contributed by atoms with van der Waals surface area (Å²) in [6.45, 7) is 4.09. The van der Waals surface area contributed by atoms with Gasteiger partial charge in [0, 0.05) is 11.3 Å². The Morgan fingerprint density at radius 3 is 2.75 bits per heavy atom. The van der Waals surface area contributed by atoms with E-state index in [1.54, 1.807) is 0 Å². The molecule has 16 heavy (non-hydrogen) atoms. The number of esters is 1. The van der Waals surface area contributed by atoms with Crippen molar-refractivity contribution in [3.05, 3.63) is 11.6 Å². The number of carbonyl (C=O) groups excluding carboxylic acids is 2. The molecule has 0 amide bonds. The highest BCUT2D eigenvalue weighted by Gasteiger charge is 2.61. The molecule has 1 heterocycles. The van der Waals surface area contributed by atoms with Gasteiger partial charge in [-0.1, -0.05) is 31.7 Å². The molecule has 4 heteroatoms. The van der Waals surface area contributed by atoms with Crippen LogP contribution >= 0.6 is 11.8 Å². The first-order valence-electron chi connectivity index (χ1n) is 5.44. The lowest BCUT2D eigenvalue weighted by molar-refractivity contribution is -0.143. The fraction of sp³-hybridized carbons (Fsp3) is 0.667. The van der Waals surface area contributed by atoms with Crippen molar-refractivity contribution in [3.63, 3.8) is 0 Å². The maximum atomic E-state index is 11.5. The molecule has 1 saturated heterocycles. The lowest BCUT2D eigenvalue weighted by atomic mass is 10.1. The summed E-state index contributed by atoms with van der Waals surface area (Å²) in [4.78, 5) is 23.0. The van der Waals surface area contributed by atoms with E-state index in [0.29, 0.717) is 0 Å². The van der Waals surface area contributed by atoms with E-state index >= 15 is 0 Å². The molecule has 88 valence electrons. The zero-order valence-corrected chi connectivity index (χ0v) is 10.6. The van der Waals surface area contributed by atoms with Crippen molar-refractivity contribution in [1.29, 1.82) is 0 Å². The number of hydrogen-bond acceptors (Lipinski definition) is 4. The first-order chi connectivity index (χ1) is 7.48. The van der Waals surface area contributed by atoms with Crippen LogP contribution < -0.4 is 0 Å². The molecule has 0 aromatic carbocycles. The molecule has 0 unspecified atom stereocenters. The summed E-state index contributed by atoms with van der Waals surface area (Å²) >= 11 is 1.37. The van der Waals surface area contributed by atoms with Crippen molar-refractivity contribution in [2.24, 2.45) is 17.3 Å². The first kappa shape index (κ1) is 11.7. The smallest absolute Gasteiger partial charge is 0.309 e. The second-order valence-electron chi connectivity index (χ2n) is 4.93. The van der Waals surface area contributed by atoms with Gasteiger partial charge in [0.05, 0.1) is 13.0 Å². The van der Waals surface area contributed by atoms with Gasteiger partial charge in [0.15, 0.2) is 0 Å². The Balaban J connectivity index is 2.13. The van der Waals surface area contributed by atoms with Crippen molar-refractivity contribution in [3.8, 4) is 0 Å². The maximum absolute atomic E-state index is 11.5. The van der Waals surface area contributed by atoms with Gasteiger partial charge in [-0.3, -0.25) is 9.59 Å². The topological polar surface area (TPSA) is 43.4 Å². The molecule has 0 radical (unpaired) electrons. The summed E-state index contributed by atoms with van der Waals surface area (Å²) in [6, 6.07) is 0. The number of ether oxygens (including phenoxy) is 1. The Bertz CT molecular complexity index is 370. The molecular weight excluding hydrogens is 224 g/mol. The van der Waals surface area contributed by atoms with Gasteiger partial charge in [-0.15, -0.1) is 0 Å². The zero-order chi connectivity index (χ0) is 11.9. The van der Waals surface area contributed by atoms with Crippen LogP contribution in [-0.2, 0) is 14.3 Å². The van der Waals surface area contributed by atoms with Gasteiger partial charge >= 0.3 is 5.97 Å². The van der Waals surface area contributed by atoms with Crippen LogP contribution in [0.25, 0.3) is 0 Å². The van der Waals surface area contributed by atoms with Crippen molar-refractivity contribution in [1.82, 2.24) is 0 Å². The average molecular weight is 240 g/mol. The lowest BCUT2D eigenvalue weighted by Gasteiger charge is -1.99. The maximum Gasteiger partial charge on any atom is 0.309 e. The van der Waals surface area contributed by atoms with E-state index in [1.807, 2.05) is 19.9 Å². The van der Waals surface area contributed by atoms with Gasteiger partial charge in [0.1, 0.15) is 0 Å². The monoisotopic (exact) mass is 240 g/mol. The van der Waals surface area contributed by atoms with E-state index in [4.69, 9.17) is 4.74 Å². The minimum Gasteiger partial charge on any atom is -0.469 e. The highest BCUT2D eigenvalue weighted by Crippen LogP contribution is 2.60. The highest BCUT2D eigenvalue weighted by molar-refractivity contribution is 8.14. The Labute approximate surface area is 99.6 Å². The molecule has 1 aliphatic heterocycles. The fourth-order valence-electron chi connectivity index (χ4n) is 2.38. The van der Waals surface area contributed by atoms with E-state index in [1.165, 1.54) is 18.9 Å². The predicted molar refractivity (Wildman–Crippen MR) is 62.9 cm³/mol. The highest BCUT2D eigenvalue weighted by atomic mass is 32.2. The normalized spacial score (nSPS) is 34.2. The van der Waals surface area contributed by atoms with Crippen LogP contribution in [0.15, 0.2) is 11.6 Å². The van der Waals surface area contributed by atoms with Crippen molar-refractivity contribution < 1.29 is 14.3 Å². The van der Waals surface area contributed by atoms with Crippen molar-refractivity contribution >= 4 is 22.8 Å². The lowest BCUT2D eigenvalue weighted by Crippen LogP contribution is -2.07. The molecule has 3 nitrogen and oxygen atoms in total. The number of carbonyl (C=O) groups is 2. The summed E-state index contributed by atoms with van der Waals surface area (Å²) in [5.41, 5.74) is 0.822. The van der Waals surface area contributed by atoms with Crippen LogP contribution in [-0.4, -0.2) is 23.9 Å². The van der Waals surface area contributed by atoms with Crippen LogP contribution in [0.3, 0.4) is 0 Å². The zero-order valence-electron chi connectivity index (χ0n) is 9.78. The van der Waals surface area contributed by atoms with Gasteiger partial charge in [-0.05, 0) is 17.8 Å². The minimum absolute atomic E-state index is 0.0619. The third kappa shape index (κ3) is 1.79. The van der Waals surface area contributed by atoms with Crippen LogP contribution in [0, 0.1) is 17.3 Å². The largest absolute Gasteiger partial charge is 0.469 e. The summed E-state index contributed by atoms with van der Waals surface area (Å²) in [6.07, 6.45) is 2.83. The number of rotatable bonds is 2. The summed E-state index contributed by atoms with van der Waals surface area (Å²) in [7, 11) is 1.41. The van der Waals surface area contributed by atoms with Gasteiger partial charge in [-0.25, -0.2) is 0 Å². The van der Waals surface area contributed by atoms with Crippen LogP contribution in [0.1, 0.15) is 20.3 Å². The average Bonchev–Trinajstić information content (AvgIpc) is 2.57. The number of hydrogen-bond donors (Lipinski definition) is 0. The van der Waals surface area contributed by atoms with Gasteiger partial charge < -0.3 is 4.74 Å². The molecule has 2 rings (SSSR count). The van der Waals surface area contributed by atoms with Crippen LogP contribution in [0.4, 0.5) is 0 Å². The number of allylic oxidation sites excluding steroid dienone is 1. The van der Waals surface area contributed by atoms with Crippen LogP contribution in [0.5, 0.6) is 0 Å². The Hall–Kier alpha value is -0.770. The van der Waals surface area contributed by atoms with Crippen molar-refractivity contribution in [2.45, 2.75) is 20.3 Å². The second kappa shape index (κ2) is 3.91. The SMILES string of the molecule is COC(=O)[C@@H]1[C@H](/C=C2\CCSC2=O)C1(C)C. The molecule has 1 aliphatic carbocycles. The summed E-state index contributed by atoms with van der Waals surface area (Å²) < 4.78 is 4.77. The second-order valence-corrected chi connectivity index (χ2v) is 5.99. The molecule has 0 aromatic rings. The molecule has 0 aromatic heterocycles. The quantitative estimate of drug-likeness (QED) is 0.547. The molecule has 0 spiro atoms. The molecule has 2 atom stereocenters. The fourth-order valence-corrected chi connectivity index (χ4v) is 3.25. The number of methoxy groups -OCH3 is 1. The van der Waals surface area contributed by atoms with E-state index in [0.717, 1.165) is 17.7 Å². The number of thioether (sulfide) groups is 1. The molecule has 2 aliphatic rings. The molecule has 0 N–H and O–H groups in total. The van der Waals surface area contributed by atoms with Gasteiger partial charge in [0.25, 0.3) is 0 Å². The molecule has 2 fully saturated rings. The minimum atomic E-state index is -0.162. The van der Waals surface area contributed by atoms with Crippen LogP contribution in [0.2, 0.25) is 0 Å². The van der Waals surface area contributed by atoms with E-state index in [9.17, 15) is 9.59 Å². The molecular formula is C12H16O3S. The molecule has 0 bridgehead atoms. The van der Waals surface area contributed by atoms with E-state index in [-0.39, 0.29) is 28.3 Å². The van der Waals surface area contributed by atoms with Crippen molar-refractivity contribution in [2.75, 3.05) is 12.9 Å². The molecule has 1 saturated carbocycles. The predicted octanol–water partition coefficient (Wildman–Crippen LogP) is 2.02. The summed E-state index contributed by atoms with van der Waals surface area (Å²) in [5, 5.41) is 0.173. The Kier molecular flexibility index (Phi) is 2.86. The van der Waals surface area contributed by atoms with Gasteiger partial charge in [0.2, 0.25) is 5.12 Å². The Morgan fingerprint density at radius 1 is 1.56 bits per heavy atom. The standard InChI is InChI=1S/C12H16O3S/c1-12(2)8(9(12)10(13)15-3)6-7-4-5-16-11(7)14/h6,8-9H,4-5H2,1-3H3/b7-6+/t8-,9-/m0/s1. The van der Waals surface area contributed by atoms with Gasteiger partial charge in [-0.2, -0.15) is 0 Å². The van der Waals surface area contributed by atoms with E-state index < -0.39 is 0 Å². The van der Waals surface area contributed by atoms with E-state index in [2.05, 4.69) is 0 Å². The summed E-state index contributed by atoms with van der Waals surface area (Å²) in [5.74, 6) is 0.798. The third-order valence-corrected chi connectivity index (χ3v) is 4.55.